The Kier molecular flexibility index (Phi) is 3.63. The van der Waals surface area contributed by atoms with Crippen LogP contribution in [0.15, 0.2) is 12.1 Å². The Hall–Kier alpha value is -2.09. The van der Waals surface area contributed by atoms with Crippen LogP contribution in [0.5, 0.6) is 5.75 Å². The topological polar surface area (TPSA) is 107 Å². The highest BCUT2D eigenvalue weighted by molar-refractivity contribution is 6.33. The van der Waals surface area contributed by atoms with Crippen LogP contribution in [0.25, 0.3) is 0 Å². The second kappa shape index (κ2) is 5.20. The largest absolute Gasteiger partial charge is 0.508 e. The first-order valence-corrected chi connectivity index (χ1v) is 7.73. The van der Waals surface area contributed by atoms with Crippen molar-refractivity contribution in [2.45, 2.75) is 39.1 Å². The van der Waals surface area contributed by atoms with E-state index in [1.807, 2.05) is 0 Å². The standard InChI is InChI=1S/C16H18ClN3O4/c1-7-10(13(17)20-19-7)14(22)18-8-5-6-9(21)12-11(8)16(4,23)24-15(12,2)3/h5-6,21,23H,1-4H3,(H,18,22)(H,19,20). The van der Waals surface area contributed by atoms with Crippen LogP contribution in [-0.2, 0) is 16.1 Å². The van der Waals surface area contributed by atoms with Crippen LogP contribution in [0.1, 0.15) is 48.0 Å². The lowest BCUT2D eigenvalue weighted by Crippen LogP contribution is -2.26. The van der Waals surface area contributed by atoms with E-state index in [9.17, 15) is 15.0 Å². The molecule has 2 aromatic rings. The number of halogens is 1. The van der Waals surface area contributed by atoms with Crippen LogP contribution >= 0.6 is 11.6 Å². The van der Waals surface area contributed by atoms with Crippen molar-refractivity contribution in [1.29, 1.82) is 0 Å². The smallest absolute Gasteiger partial charge is 0.260 e. The molecule has 1 aromatic carbocycles. The van der Waals surface area contributed by atoms with Gasteiger partial charge < -0.3 is 20.3 Å². The summed E-state index contributed by atoms with van der Waals surface area (Å²) in [5, 5.41) is 30.0. The van der Waals surface area contributed by atoms with Gasteiger partial charge in [-0.15, -0.1) is 0 Å². The van der Waals surface area contributed by atoms with Gasteiger partial charge in [0.1, 0.15) is 5.75 Å². The Bertz CT molecular complexity index is 823. The van der Waals surface area contributed by atoms with Gasteiger partial charge in [0.05, 0.1) is 16.9 Å². The maximum atomic E-state index is 12.5. The van der Waals surface area contributed by atoms with E-state index in [0.717, 1.165) is 0 Å². The van der Waals surface area contributed by atoms with E-state index < -0.39 is 17.3 Å². The Morgan fingerprint density at radius 3 is 2.58 bits per heavy atom. The van der Waals surface area contributed by atoms with E-state index in [1.165, 1.54) is 19.1 Å². The minimum Gasteiger partial charge on any atom is -0.508 e. The molecule has 1 amide bonds. The molecule has 0 aliphatic carbocycles. The summed E-state index contributed by atoms with van der Waals surface area (Å²) < 4.78 is 5.65. The molecule has 0 bridgehead atoms. The number of fused-ring (bicyclic) bond motifs is 1. The van der Waals surface area contributed by atoms with E-state index in [0.29, 0.717) is 22.5 Å². The zero-order valence-corrected chi connectivity index (χ0v) is 14.4. The molecule has 0 saturated heterocycles. The number of hydrogen-bond donors (Lipinski definition) is 4. The predicted octanol–water partition coefficient (Wildman–Crippen LogP) is 2.76. The molecule has 2 heterocycles. The van der Waals surface area contributed by atoms with Crippen molar-refractivity contribution in [2.24, 2.45) is 0 Å². The molecule has 1 aliphatic rings. The van der Waals surface area contributed by atoms with Crippen molar-refractivity contribution in [3.63, 3.8) is 0 Å². The van der Waals surface area contributed by atoms with Crippen LogP contribution < -0.4 is 5.32 Å². The quantitative estimate of drug-likeness (QED) is 0.622. The van der Waals surface area contributed by atoms with Crippen LogP contribution in [0.3, 0.4) is 0 Å². The number of nitrogens with one attached hydrogen (secondary N) is 2. The number of carbonyl (C=O) groups is 1. The molecule has 3 rings (SSSR count). The number of rotatable bonds is 2. The average molecular weight is 352 g/mol. The van der Waals surface area contributed by atoms with Crippen LogP contribution in [0, 0.1) is 6.92 Å². The number of aliphatic hydroxyl groups is 1. The molecule has 1 unspecified atom stereocenters. The van der Waals surface area contributed by atoms with E-state index >= 15 is 0 Å². The molecule has 0 fully saturated rings. The Labute approximate surface area is 143 Å². The molecular weight excluding hydrogens is 334 g/mol. The predicted molar refractivity (Wildman–Crippen MR) is 88.1 cm³/mol. The number of aromatic hydroxyl groups is 1. The first-order valence-electron chi connectivity index (χ1n) is 7.36. The number of benzene rings is 1. The number of phenols is 1. The second-order valence-electron chi connectivity index (χ2n) is 6.45. The zero-order valence-electron chi connectivity index (χ0n) is 13.7. The lowest BCUT2D eigenvalue weighted by Gasteiger charge is -2.23. The van der Waals surface area contributed by atoms with Gasteiger partial charge in [0, 0.05) is 16.8 Å². The molecule has 4 N–H and O–H groups in total. The van der Waals surface area contributed by atoms with Crippen LogP contribution in [-0.4, -0.2) is 26.3 Å². The number of nitrogens with zero attached hydrogens (tertiary/aromatic N) is 1. The third kappa shape index (κ3) is 2.45. The highest BCUT2D eigenvalue weighted by Gasteiger charge is 2.48. The van der Waals surface area contributed by atoms with Gasteiger partial charge in [-0.3, -0.25) is 9.89 Å². The maximum absolute atomic E-state index is 12.5. The van der Waals surface area contributed by atoms with Crippen molar-refractivity contribution in [3.8, 4) is 5.75 Å². The van der Waals surface area contributed by atoms with Gasteiger partial charge in [0.25, 0.3) is 5.91 Å². The maximum Gasteiger partial charge on any atom is 0.260 e. The average Bonchev–Trinajstić information content (AvgIpc) is 2.87. The van der Waals surface area contributed by atoms with Gasteiger partial charge in [-0.25, -0.2) is 0 Å². The Morgan fingerprint density at radius 2 is 2.00 bits per heavy atom. The Morgan fingerprint density at radius 1 is 1.33 bits per heavy atom. The number of H-pyrrole nitrogens is 1. The van der Waals surface area contributed by atoms with Crippen molar-refractivity contribution < 1.29 is 19.7 Å². The first kappa shape index (κ1) is 16.8. The number of amides is 1. The molecule has 24 heavy (non-hydrogen) atoms. The van der Waals surface area contributed by atoms with E-state index in [4.69, 9.17) is 16.3 Å². The number of anilines is 1. The SMILES string of the molecule is Cc1[nH]nc(Cl)c1C(=O)Nc1ccc(O)c2c1C(C)(O)OC2(C)C. The van der Waals surface area contributed by atoms with Gasteiger partial charge in [-0.1, -0.05) is 11.6 Å². The van der Waals surface area contributed by atoms with Gasteiger partial charge in [0.2, 0.25) is 0 Å². The van der Waals surface area contributed by atoms with Gasteiger partial charge in [-0.05, 0) is 39.8 Å². The zero-order chi connectivity index (χ0) is 17.9. The summed E-state index contributed by atoms with van der Waals surface area (Å²) in [5.41, 5.74) is 0.915. The van der Waals surface area contributed by atoms with E-state index in [-0.39, 0.29) is 16.5 Å². The fourth-order valence-corrected chi connectivity index (χ4v) is 3.50. The molecular formula is C16H18ClN3O4. The van der Waals surface area contributed by atoms with Crippen molar-refractivity contribution >= 4 is 23.2 Å². The minimum atomic E-state index is -1.66. The minimum absolute atomic E-state index is 0.0108. The molecule has 1 aliphatic heterocycles. The highest BCUT2D eigenvalue weighted by atomic mass is 35.5. The molecule has 7 nitrogen and oxygen atoms in total. The summed E-state index contributed by atoms with van der Waals surface area (Å²) in [4.78, 5) is 12.5. The third-order valence-electron chi connectivity index (χ3n) is 4.08. The van der Waals surface area contributed by atoms with Crippen LogP contribution in [0.4, 0.5) is 5.69 Å². The number of aromatic nitrogens is 2. The van der Waals surface area contributed by atoms with E-state index in [1.54, 1.807) is 20.8 Å². The fourth-order valence-electron chi connectivity index (χ4n) is 3.23. The lowest BCUT2D eigenvalue weighted by atomic mass is 9.91. The number of aryl methyl sites for hydroxylation is 1. The highest BCUT2D eigenvalue weighted by Crippen LogP contribution is 2.52. The summed E-state index contributed by atoms with van der Waals surface area (Å²) >= 11 is 5.93. The monoisotopic (exact) mass is 351 g/mol. The summed E-state index contributed by atoms with van der Waals surface area (Å²) in [6, 6.07) is 2.96. The van der Waals surface area contributed by atoms with Gasteiger partial charge in [0.15, 0.2) is 10.9 Å². The number of phenolic OH excluding ortho intramolecular Hbond substituents is 1. The molecule has 0 spiro atoms. The second-order valence-corrected chi connectivity index (χ2v) is 6.80. The summed E-state index contributed by atoms with van der Waals surface area (Å²) in [6.45, 7) is 6.61. The van der Waals surface area contributed by atoms with E-state index in [2.05, 4.69) is 15.5 Å². The molecule has 1 aromatic heterocycles. The van der Waals surface area contributed by atoms with Gasteiger partial charge >= 0.3 is 0 Å². The summed E-state index contributed by atoms with van der Waals surface area (Å²) in [7, 11) is 0. The number of hydrogen-bond acceptors (Lipinski definition) is 5. The van der Waals surface area contributed by atoms with Crippen LogP contribution in [0.2, 0.25) is 5.15 Å². The molecule has 0 radical (unpaired) electrons. The lowest BCUT2D eigenvalue weighted by molar-refractivity contribution is -0.237. The van der Waals surface area contributed by atoms with Crippen molar-refractivity contribution in [3.05, 3.63) is 39.7 Å². The number of ether oxygens (including phenoxy) is 1. The fraction of sp³-hybridized carbons (Fsp3) is 0.375. The third-order valence-corrected chi connectivity index (χ3v) is 4.35. The molecule has 1 atom stereocenters. The molecule has 128 valence electrons. The Balaban J connectivity index is 2.09. The van der Waals surface area contributed by atoms with Crippen molar-refractivity contribution in [2.75, 3.05) is 5.32 Å². The molecule has 0 saturated carbocycles. The summed E-state index contributed by atoms with van der Waals surface area (Å²) in [6.07, 6.45) is 0. The molecule has 8 heteroatoms. The summed E-state index contributed by atoms with van der Waals surface area (Å²) in [5.74, 6) is -2.14. The van der Waals surface area contributed by atoms with Gasteiger partial charge in [-0.2, -0.15) is 5.10 Å². The number of carbonyl (C=O) groups excluding carboxylic acids is 1. The first-order chi connectivity index (χ1) is 11.0. The normalized spacial score (nSPS) is 21.6. The van der Waals surface area contributed by atoms with Crippen molar-refractivity contribution in [1.82, 2.24) is 10.2 Å². The number of aromatic amines is 1.